The van der Waals surface area contributed by atoms with Gasteiger partial charge >= 0.3 is 0 Å². The highest BCUT2D eigenvalue weighted by Crippen LogP contribution is 2.33. The van der Waals surface area contributed by atoms with Crippen molar-refractivity contribution < 1.29 is 22.0 Å². The fraction of sp³-hybridized carbons (Fsp3) is 0. The third kappa shape index (κ3) is 3.28. The number of benzene rings is 3. The Morgan fingerprint density at radius 1 is 0.500 bits per heavy atom. The zero-order valence-electron chi connectivity index (χ0n) is 12.1. The second-order valence-electron chi connectivity index (χ2n) is 4.91. The summed E-state index contributed by atoms with van der Waals surface area (Å²) in [5, 5.41) is 0. The fourth-order valence-electron chi connectivity index (χ4n) is 2.20. The van der Waals surface area contributed by atoms with Crippen molar-refractivity contribution in [2.24, 2.45) is 0 Å². The Balaban J connectivity index is 2.18. The molecule has 0 fully saturated rings. The summed E-state index contributed by atoms with van der Waals surface area (Å²) >= 11 is 0. The molecular weight excluding hydrogens is 343 g/mol. The fourth-order valence-corrected chi connectivity index (χ4v) is 4.28. The molecule has 3 aromatic rings. The van der Waals surface area contributed by atoms with E-state index in [4.69, 9.17) is 0 Å². The Kier molecular flexibility index (Phi) is 4.57. The van der Waals surface area contributed by atoms with E-state index in [2.05, 4.69) is 0 Å². The lowest BCUT2D eigenvalue weighted by molar-refractivity contribution is 0.443. The van der Waals surface area contributed by atoms with Gasteiger partial charge in [0.15, 0.2) is 32.1 Å². The van der Waals surface area contributed by atoms with Crippen molar-refractivity contribution in [2.75, 3.05) is 0 Å². The van der Waals surface area contributed by atoms with Gasteiger partial charge in [0, 0.05) is 12.1 Å². The van der Waals surface area contributed by atoms with Crippen LogP contribution in [-0.4, -0.2) is 0 Å². The molecule has 0 spiro atoms. The minimum Gasteiger partial charge on any atom is -0.207 e. The molecule has 0 N–H and O–H groups in total. The van der Waals surface area contributed by atoms with Crippen LogP contribution in [0.3, 0.4) is 0 Å². The highest BCUT2D eigenvalue weighted by molar-refractivity contribution is 7.97. The van der Waals surface area contributed by atoms with E-state index < -0.39 is 40.0 Å². The Morgan fingerprint density at radius 2 is 0.875 bits per heavy atom. The van der Waals surface area contributed by atoms with Crippen LogP contribution < -0.4 is 0 Å². The molecule has 0 amide bonds. The summed E-state index contributed by atoms with van der Waals surface area (Å²) in [6.07, 6.45) is 0. The third-order valence-corrected chi connectivity index (χ3v) is 5.49. The Labute approximate surface area is 137 Å². The van der Waals surface area contributed by atoms with E-state index in [1.165, 1.54) is 48.5 Å². The molecule has 3 aromatic carbocycles. The monoisotopic (exact) mass is 353 g/mol. The van der Waals surface area contributed by atoms with Gasteiger partial charge in [0.05, 0.1) is 10.9 Å². The smallest absolute Gasteiger partial charge is 0.194 e. The standard InChI is InChI=1S/C18H10F5S/c19-11-1-5-13(6-2-11)24(14-7-3-12(20)4-8-14)15-9-16(21)18(23)17(22)10-15/h1-10H/q+1. The molecule has 6 heteroatoms. The van der Waals surface area contributed by atoms with E-state index in [0.717, 1.165) is 12.1 Å². The van der Waals surface area contributed by atoms with Crippen LogP contribution in [0.2, 0.25) is 0 Å². The molecule has 0 atom stereocenters. The van der Waals surface area contributed by atoms with Gasteiger partial charge in [-0.1, -0.05) is 0 Å². The number of hydrogen-bond acceptors (Lipinski definition) is 0. The largest absolute Gasteiger partial charge is 0.207 e. The lowest BCUT2D eigenvalue weighted by atomic mass is 10.3. The van der Waals surface area contributed by atoms with Gasteiger partial charge in [-0.3, -0.25) is 0 Å². The summed E-state index contributed by atoms with van der Waals surface area (Å²) < 4.78 is 66.8. The Hall–Kier alpha value is -2.34. The van der Waals surface area contributed by atoms with Crippen LogP contribution in [0, 0.1) is 29.1 Å². The molecule has 0 nitrogen and oxygen atoms in total. The first-order valence-corrected chi connectivity index (χ1v) is 8.08. The molecule has 0 aliphatic carbocycles. The number of halogens is 5. The van der Waals surface area contributed by atoms with Gasteiger partial charge in [0.1, 0.15) is 11.6 Å². The highest BCUT2D eigenvalue weighted by atomic mass is 32.2. The first-order chi connectivity index (χ1) is 11.5. The second-order valence-corrected chi connectivity index (χ2v) is 6.94. The van der Waals surface area contributed by atoms with Gasteiger partial charge < -0.3 is 0 Å². The molecule has 122 valence electrons. The normalized spacial score (nSPS) is 11.1. The maximum Gasteiger partial charge on any atom is 0.194 e. The zero-order valence-corrected chi connectivity index (χ0v) is 12.9. The Morgan fingerprint density at radius 3 is 1.25 bits per heavy atom. The molecule has 0 aliphatic heterocycles. The first kappa shape index (κ1) is 16.5. The summed E-state index contributed by atoms with van der Waals surface area (Å²) in [6, 6.07) is 12.6. The first-order valence-electron chi connectivity index (χ1n) is 6.85. The summed E-state index contributed by atoms with van der Waals surface area (Å²) in [5.41, 5.74) is 0. The molecule has 0 aliphatic rings. The van der Waals surface area contributed by atoms with Crippen molar-refractivity contribution in [3.63, 3.8) is 0 Å². The summed E-state index contributed by atoms with van der Waals surface area (Å²) in [7, 11) is -1.04. The van der Waals surface area contributed by atoms with Crippen molar-refractivity contribution in [1.82, 2.24) is 0 Å². The summed E-state index contributed by atoms with van der Waals surface area (Å²) in [4.78, 5) is 1.30. The van der Waals surface area contributed by atoms with Crippen LogP contribution in [0.5, 0.6) is 0 Å². The minimum absolute atomic E-state index is 0.171. The van der Waals surface area contributed by atoms with E-state index in [9.17, 15) is 22.0 Å². The minimum atomic E-state index is -1.56. The second kappa shape index (κ2) is 6.65. The average Bonchev–Trinajstić information content (AvgIpc) is 2.56. The van der Waals surface area contributed by atoms with Gasteiger partial charge in [-0.25, -0.2) is 22.0 Å². The maximum atomic E-state index is 13.6. The molecule has 0 heterocycles. The van der Waals surface area contributed by atoms with Crippen LogP contribution in [0.1, 0.15) is 0 Å². The summed E-state index contributed by atoms with van der Waals surface area (Å²) in [5.74, 6) is -5.10. The van der Waals surface area contributed by atoms with E-state index >= 15 is 0 Å². The van der Waals surface area contributed by atoms with E-state index in [1.54, 1.807) is 0 Å². The average molecular weight is 353 g/mol. The lowest BCUT2D eigenvalue weighted by Gasteiger charge is -2.09. The van der Waals surface area contributed by atoms with Crippen molar-refractivity contribution in [2.45, 2.75) is 14.7 Å². The maximum absolute atomic E-state index is 13.6. The molecule has 3 rings (SSSR count). The number of rotatable bonds is 3. The van der Waals surface area contributed by atoms with Crippen molar-refractivity contribution in [3.05, 3.63) is 89.7 Å². The van der Waals surface area contributed by atoms with Gasteiger partial charge in [0.2, 0.25) is 0 Å². The van der Waals surface area contributed by atoms with Crippen LogP contribution in [-0.2, 0) is 10.9 Å². The highest BCUT2D eigenvalue weighted by Gasteiger charge is 2.31. The molecule has 0 saturated heterocycles. The summed E-state index contributed by atoms with van der Waals surface area (Å²) in [6.45, 7) is 0. The molecule has 0 radical (unpaired) electrons. The van der Waals surface area contributed by atoms with E-state index in [-0.39, 0.29) is 4.90 Å². The van der Waals surface area contributed by atoms with Gasteiger partial charge in [0.25, 0.3) is 0 Å². The van der Waals surface area contributed by atoms with Gasteiger partial charge in [-0.2, -0.15) is 0 Å². The SMILES string of the molecule is Fc1ccc([S+](c2ccc(F)cc2)c2cc(F)c(F)c(F)c2)cc1. The quantitative estimate of drug-likeness (QED) is 0.332. The molecular formula is C18H10F5S+. The predicted octanol–water partition coefficient (Wildman–Crippen LogP) is 5.48. The van der Waals surface area contributed by atoms with Crippen molar-refractivity contribution in [3.8, 4) is 0 Å². The van der Waals surface area contributed by atoms with Gasteiger partial charge in [-0.05, 0) is 48.5 Å². The van der Waals surface area contributed by atoms with E-state index in [1.807, 2.05) is 0 Å². The van der Waals surface area contributed by atoms with Gasteiger partial charge in [-0.15, -0.1) is 0 Å². The Bertz CT molecular complexity index is 791. The van der Waals surface area contributed by atoms with Crippen LogP contribution >= 0.6 is 0 Å². The van der Waals surface area contributed by atoms with E-state index in [0.29, 0.717) is 9.79 Å². The predicted molar refractivity (Wildman–Crippen MR) is 81.3 cm³/mol. The number of hydrogen-bond donors (Lipinski definition) is 0. The van der Waals surface area contributed by atoms with Crippen molar-refractivity contribution >= 4 is 10.9 Å². The van der Waals surface area contributed by atoms with Crippen LogP contribution in [0.25, 0.3) is 0 Å². The molecule has 24 heavy (non-hydrogen) atoms. The topological polar surface area (TPSA) is 0 Å². The molecule has 0 unspecified atom stereocenters. The van der Waals surface area contributed by atoms with Crippen LogP contribution in [0.15, 0.2) is 75.4 Å². The molecule has 0 saturated carbocycles. The van der Waals surface area contributed by atoms with Crippen LogP contribution in [0.4, 0.5) is 22.0 Å². The lowest BCUT2D eigenvalue weighted by Crippen LogP contribution is -2.07. The molecule has 0 aromatic heterocycles. The third-order valence-electron chi connectivity index (χ3n) is 3.29. The van der Waals surface area contributed by atoms with Crippen molar-refractivity contribution in [1.29, 1.82) is 0 Å². The zero-order chi connectivity index (χ0) is 17.3. The molecule has 0 bridgehead atoms.